The normalized spacial score (nSPS) is 20.8. The van der Waals surface area contributed by atoms with Gasteiger partial charge in [-0.15, -0.1) is 0 Å². The molecule has 0 amide bonds. The lowest BCUT2D eigenvalue weighted by atomic mass is 10.1. The first kappa shape index (κ1) is 33.0. The van der Waals surface area contributed by atoms with Crippen LogP contribution in [-0.4, -0.2) is 99.0 Å². The molecule has 14 nitrogen and oxygen atoms in total. The average molecular weight is 703 g/mol. The first-order chi connectivity index (χ1) is 24.8. The summed E-state index contributed by atoms with van der Waals surface area (Å²) in [6.07, 6.45) is 6.47. The van der Waals surface area contributed by atoms with Crippen LogP contribution in [0, 0.1) is 0 Å². The summed E-state index contributed by atoms with van der Waals surface area (Å²) in [7, 11) is 0. The van der Waals surface area contributed by atoms with E-state index < -0.39 is 0 Å². The number of hydrogen-bond donors (Lipinski definition) is 3. The van der Waals surface area contributed by atoms with Crippen LogP contribution in [0.3, 0.4) is 0 Å². The van der Waals surface area contributed by atoms with Crippen molar-refractivity contribution in [2.45, 2.75) is 51.9 Å². The maximum atomic E-state index is 6.16. The molecule has 2 aliphatic heterocycles. The molecule has 2 saturated heterocycles. The van der Waals surface area contributed by atoms with Gasteiger partial charge >= 0.3 is 0 Å². The predicted molar refractivity (Wildman–Crippen MR) is 201 cm³/mol. The lowest BCUT2D eigenvalue weighted by Gasteiger charge is -2.36. The number of fused-ring (bicyclic) bond motifs is 10. The summed E-state index contributed by atoms with van der Waals surface area (Å²) in [6, 6.07) is 18.1. The van der Waals surface area contributed by atoms with Crippen molar-refractivity contribution in [3.05, 3.63) is 78.7 Å². The highest BCUT2D eigenvalue weighted by Crippen LogP contribution is 2.29. The molecule has 0 bridgehead atoms. The number of rotatable bonds is 1. The lowest BCUT2D eigenvalue weighted by Crippen LogP contribution is -2.54. The smallest absolute Gasteiger partial charge is 0.183 e. The van der Waals surface area contributed by atoms with Crippen molar-refractivity contribution in [2.24, 2.45) is 0 Å². The summed E-state index contributed by atoms with van der Waals surface area (Å²) in [5.74, 6) is 0.902. The van der Waals surface area contributed by atoms with Crippen molar-refractivity contribution in [3.8, 4) is 0 Å². The van der Waals surface area contributed by atoms with E-state index in [0.29, 0.717) is 46.1 Å². The Hall–Kier alpha value is -5.15. The maximum absolute atomic E-state index is 6.16. The number of nitrogens with zero attached hydrogens (tertiary/aromatic N) is 11. The molecule has 51 heavy (non-hydrogen) atoms. The summed E-state index contributed by atoms with van der Waals surface area (Å²) in [4.78, 5) is 37.6. The molecule has 4 atom stereocenters. The Morgan fingerprint density at radius 2 is 1.10 bits per heavy atom. The molecule has 8 aromatic rings. The van der Waals surface area contributed by atoms with Crippen molar-refractivity contribution in [1.29, 1.82) is 0 Å². The number of aromatic nitrogens is 10. The quantitative estimate of drug-likeness (QED) is 0.222. The van der Waals surface area contributed by atoms with Gasteiger partial charge in [0.05, 0.1) is 34.5 Å². The van der Waals surface area contributed by atoms with Gasteiger partial charge in [0.25, 0.3) is 0 Å². The van der Waals surface area contributed by atoms with Crippen LogP contribution in [0.5, 0.6) is 0 Å². The maximum Gasteiger partial charge on any atom is 0.183 e. The summed E-state index contributed by atoms with van der Waals surface area (Å²) in [5.41, 5.74) is 8.22. The minimum atomic E-state index is 0.355. The zero-order valence-electron chi connectivity index (χ0n) is 28.9. The molecule has 260 valence electrons. The molecule has 0 radical (unpaired) electrons. The highest BCUT2D eigenvalue weighted by Gasteiger charge is 2.26. The van der Waals surface area contributed by atoms with Gasteiger partial charge in [-0.05, 0) is 52.0 Å². The first-order valence-electron chi connectivity index (χ1n) is 17.2. The largest absolute Gasteiger partial charge is 0.350 e. The molecule has 0 aliphatic carbocycles. The van der Waals surface area contributed by atoms with E-state index >= 15 is 0 Å². The summed E-state index contributed by atoms with van der Waals surface area (Å²) < 4.78 is 4.01. The second-order valence-corrected chi connectivity index (χ2v) is 13.7. The van der Waals surface area contributed by atoms with Crippen molar-refractivity contribution in [1.82, 2.24) is 64.6 Å². The number of hydrogen-bond acceptors (Lipinski definition) is 12. The van der Waals surface area contributed by atoms with E-state index in [-0.39, 0.29) is 0 Å². The van der Waals surface area contributed by atoms with Crippen molar-refractivity contribution in [3.63, 3.8) is 0 Å². The summed E-state index contributed by atoms with van der Waals surface area (Å²) in [5, 5.41) is 10.7. The van der Waals surface area contributed by atoms with Crippen LogP contribution < -0.4 is 20.9 Å². The summed E-state index contributed by atoms with van der Waals surface area (Å²) >= 11 is 6.16. The SMILES string of the molecule is C[C@@H]1CN(c2nc3cncnc3n3c2nc2ccccc23)C[C@H](C)N1.C[C@@H]1CNC[C@H](C)N1.Clc1nc2cncnc2n2c1nc1ccccc12. The van der Waals surface area contributed by atoms with Crippen molar-refractivity contribution < 1.29 is 0 Å². The standard InChI is InChI=1S/C18H19N7.C12H6ClN5.C6H14N2/c1-11-8-24(9-12(2)21-11)17-18-22-13-5-3-4-6-15(13)25(18)16-14(23-17)7-19-10-20-16;13-10-12-17-7-3-1-2-4-9(7)18(12)11-8(16-10)5-14-6-15-11;1-5-3-7-4-6(2)8-5/h3-7,10-12,21H,8-9H2,1-2H3;1-6H;5-8H,3-4H2,1-2H3/t11-,12+;;5-,6+. The van der Waals surface area contributed by atoms with Gasteiger partial charge in [-0.25, -0.2) is 39.9 Å². The third-order valence-electron chi connectivity index (χ3n) is 9.05. The van der Waals surface area contributed by atoms with E-state index in [4.69, 9.17) is 21.6 Å². The fraction of sp³-hybridized carbons (Fsp3) is 0.333. The van der Waals surface area contributed by atoms with Crippen LogP contribution in [0.2, 0.25) is 5.15 Å². The van der Waals surface area contributed by atoms with Crippen LogP contribution in [0.1, 0.15) is 27.7 Å². The van der Waals surface area contributed by atoms with Gasteiger partial charge in [-0.3, -0.25) is 8.80 Å². The Bertz CT molecular complexity index is 2480. The number of piperazine rings is 2. The van der Waals surface area contributed by atoms with Gasteiger partial charge in [-0.1, -0.05) is 35.9 Å². The Morgan fingerprint density at radius 3 is 1.67 bits per heavy atom. The fourth-order valence-electron chi connectivity index (χ4n) is 7.05. The average Bonchev–Trinajstić information content (AvgIpc) is 3.72. The predicted octanol–water partition coefficient (Wildman–Crippen LogP) is 4.45. The molecule has 10 rings (SSSR count). The van der Waals surface area contributed by atoms with E-state index in [2.05, 4.69) is 88.9 Å². The van der Waals surface area contributed by atoms with E-state index in [1.165, 1.54) is 6.33 Å². The van der Waals surface area contributed by atoms with Gasteiger partial charge in [-0.2, -0.15) is 0 Å². The molecule has 8 heterocycles. The second kappa shape index (κ2) is 13.9. The number of halogens is 1. The molecule has 3 N–H and O–H groups in total. The second-order valence-electron chi connectivity index (χ2n) is 13.3. The molecule has 2 aliphatic rings. The highest BCUT2D eigenvalue weighted by atomic mass is 35.5. The van der Waals surface area contributed by atoms with Crippen molar-refractivity contribution in [2.75, 3.05) is 31.1 Å². The fourth-order valence-corrected chi connectivity index (χ4v) is 7.27. The lowest BCUT2D eigenvalue weighted by molar-refractivity contribution is 0.370. The zero-order chi connectivity index (χ0) is 35.1. The molecule has 0 spiro atoms. The number of imidazole rings is 2. The molecule has 0 unspecified atom stereocenters. The molecule has 2 fully saturated rings. The molecular weight excluding hydrogens is 664 g/mol. The number of nitrogens with one attached hydrogen (secondary N) is 3. The topological polar surface area (TPSA) is 151 Å². The third kappa shape index (κ3) is 6.47. The van der Waals surface area contributed by atoms with E-state index in [0.717, 1.165) is 70.9 Å². The first-order valence-corrected chi connectivity index (χ1v) is 17.6. The van der Waals surface area contributed by atoms with Crippen LogP contribution >= 0.6 is 11.6 Å². The van der Waals surface area contributed by atoms with Crippen LogP contribution in [-0.2, 0) is 0 Å². The van der Waals surface area contributed by atoms with E-state index in [1.807, 2.05) is 46.9 Å². The Balaban J connectivity index is 0.000000125. The van der Waals surface area contributed by atoms with Crippen LogP contribution in [0.15, 0.2) is 73.6 Å². The Morgan fingerprint density at radius 1 is 0.588 bits per heavy atom. The Labute approximate surface area is 298 Å². The van der Waals surface area contributed by atoms with Gasteiger partial charge in [0.2, 0.25) is 0 Å². The van der Waals surface area contributed by atoms with E-state index in [9.17, 15) is 0 Å². The van der Waals surface area contributed by atoms with Gasteiger partial charge in [0, 0.05) is 50.3 Å². The number of benzene rings is 2. The highest BCUT2D eigenvalue weighted by molar-refractivity contribution is 6.32. The zero-order valence-corrected chi connectivity index (χ0v) is 29.6. The van der Waals surface area contributed by atoms with Crippen LogP contribution in [0.25, 0.3) is 55.7 Å². The monoisotopic (exact) mass is 702 g/mol. The Kier molecular flexibility index (Phi) is 8.98. The molecule has 15 heteroatoms. The number of para-hydroxylation sites is 4. The van der Waals surface area contributed by atoms with Gasteiger partial charge in [0.15, 0.2) is 33.6 Å². The number of anilines is 1. The summed E-state index contributed by atoms with van der Waals surface area (Å²) in [6.45, 7) is 12.8. The van der Waals surface area contributed by atoms with Crippen LogP contribution in [0.4, 0.5) is 5.82 Å². The van der Waals surface area contributed by atoms with Crippen molar-refractivity contribution >= 4 is 73.1 Å². The molecule has 2 aromatic carbocycles. The minimum absolute atomic E-state index is 0.355. The van der Waals surface area contributed by atoms with E-state index in [1.54, 1.807) is 18.7 Å². The molecule has 0 saturated carbocycles. The molecule has 6 aromatic heterocycles. The van der Waals surface area contributed by atoms with Gasteiger partial charge < -0.3 is 20.9 Å². The minimum Gasteiger partial charge on any atom is -0.350 e. The van der Waals surface area contributed by atoms with Gasteiger partial charge in [0.1, 0.15) is 23.7 Å². The third-order valence-corrected chi connectivity index (χ3v) is 9.30. The molecular formula is C36H39ClN14.